The Morgan fingerprint density at radius 1 is 1.44 bits per heavy atom. The lowest BCUT2D eigenvalue weighted by Crippen LogP contribution is -2.29. The number of aliphatic hydroxyl groups excluding tert-OH is 1. The molecule has 0 aliphatic carbocycles. The van der Waals surface area contributed by atoms with Gasteiger partial charge in [-0.25, -0.2) is 0 Å². The van der Waals surface area contributed by atoms with Crippen molar-refractivity contribution < 1.29 is 9.90 Å². The van der Waals surface area contributed by atoms with Gasteiger partial charge in [-0.2, -0.15) is 0 Å². The molecule has 4 heteroatoms. The van der Waals surface area contributed by atoms with Crippen molar-refractivity contribution in [2.75, 3.05) is 24.6 Å². The zero-order valence-corrected chi connectivity index (χ0v) is 9.15. The molecule has 0 fully saturated rings. The van der Waals surface area contributed by atoms with Crippen LogP contribution >= 0.6 is 0 Å². The van der Waals surface area contributed by atoms with Gasteiger partial charge in [0, 0.05) is 12.2 Å². The molecule has 1 aliphatic heterocycles. The lowest BCUT2D eigenvalue weighted by molar-refractivity contribution is -0.117. The first-order chi connectivity index (χ1) is 7.76. The number of nitrogens with two attached hydrogens (primary N) is 1. The van der Waals surface area contributed by atoms with E-state index in [-0.39, 0.29) is 12.5 Å². The highest BCUT2D eigenvalue weighted by Gasteiger charge is 2.26. The highest BCUT2D eigenvalue weighted by molar-refractivity contribution is 6.01. The minimum Gasteiger partial charge on any atom is -0.395 e. The van der Waals surface area contributed by atoms with Crippen LogP contribution in [0, 0.1) is 0 Å². The molecule has 0 saturated heterocycles. The first kappa shape index (κ1) is 11.1. The number of anilines is 1. The van der Waals surface area contributed by atoms with Crippen LogP contribution in [0.1, 0.15) is 11.1 Å². The van der Waals surface area contributed by atoms with E-state index in [0.29, 0.717) is 19.5 Å². The number of β-amino-alcohol motifs (C(OH)–C–C–N with tert-alkyl or cyclic N) is 1. The monoisotopic (exact) mass is 220 g/mol. The van der Waals surface area contributed by atoms with E-state index in [0.717, 1.165) is 17.7 Å². The number of aliphatic hydroxyl groups is 1. The number of hydrogen-bond donors (Lipinski definition) is 2. The van der Waals surface area contributed by atoms with Crippen molar-refractivity contribution in [2.24, 2.45) is 5.73 Å². The quantitative estimate of drug-likeness (QED) is 0.754. The highest BCUT2D eigenvalue weighted by atomic mass is 16.3. The second-order valence-electron chi connectivity index (χ2n) is 3.95. The molecule has 2 rings (SSSR count). The predicted molar refractivity (Wildman–Crippen MR) is 62.3 cm³/mol. The third kappa shape index (κ3) is 1.94. The molecule has 0 radical (unpaired) electrons. The largest absolute Gasteiger partial charge is 0.395 e. The molecule has 1 aromatic carbocycles. The number of carbonyl (C=O) groups excluding carboxylic acids is 1. The fraction of sp³-hybridized carbons (Fsp3) is 0.417. The maximum Gasteiger partial charge on any atom is 0.231 e. The number of benzene rings is 1. The van der Waals surface area contributed by atoms with E-state index < -0.39 is 0 Å². The normalized spacial score (nSPS) is 14.4. The van der Waals surface area contributed by atoms with Gasteiger partial charge in [0.05, 0.1) is 13.0 Å². The average molecular weight is 220 g/mol. The summed E-state index contributed by atoms with van der Waals surface area (Å²) in [6, 6.07) is 5.98. The van der Waals surface area contributed by atoms with Gasteiger partial charge in [0.25, 0.3) is 0 Å². The number of carbonyl (C=O) groups is 1. The second-order valence-corrected chi connectivity index (χ2v) is 3.95. The third-order valence-electron chi connectivity index (χ3n) is 2.83. The maximum atomic E-state index is 11.7. The molecule has 0 unspecified atom stereocenters. The Labute approximate surface area is 94.7 Å². The molecule has 0 spiro atoms. The van der Waals surface area contributed by atoms with Gasteiger partial charge in [-0.15, -0.1) is 0 Å². The molecule has 0 atom stereocenters. The SMILES string of the molecule is NCCc1ccc2c(c1)CC(=O)N2CCO. The van der Waals surface area contributed by atoms with E-state index in [1.807, 2.05) is 18.2 Å². The fourth-order valence-electron chi connectivity index (χ4n) is 2.10. The van der Waals surface area contributed by atoms with Gasteiger partial charge in [-0.3, -0.25) is 4.79 Å². The third-order valence-corrected chi connectivity index (χ3v) is 2.83. The number of rotatable bonds is 4. The van der Waals surface area contributed by atoms with Crippen LogP contribution in [-0.4, -0.2) is 30.7 Å². The summed E-state index contributed by atoms with van der Waals surface area (Å²) in [7, 11) is 0. The summed E-state index contributed by atoms with van der Waals surface area (Å²) in [5.41, 5.74) is 8.64. The van der Waals surface area contributed by atoms with Crippen LogP contribution in [0.2, 0.25) is 0 Å². The summed E-state index contributed by atoms with van der Waals surface area (Å²) in [5.74, 6) is 0.0638. The number of nitrogens with zero attached hydrogens (tertiary/aromatic N) is 1. The minimum absolute atomic E-state index is 0.00423. The van der Waals surface area contributed by atoms with Crippen molar-refractivity contribution in [3.8, 4) is 0 Å². The number of amides is 1. The molecule has 1 aliphatic rings. The molecular formula is C12H16N2O2. The van der Waals surface area contributed by atoms with Crippen molar-refractivity contribution in [1.82, 2.24) is 0 Å². The lowest BCUT2D eigenvalue weighted by atomic mass is 10.1. The Balaban J connectivity index is 2.27. The Hall–Kier alpha value is -1.39. The van der Waals surface area contributed by atoms with Crippen LogP contribution in [-0.2, 0) is 17.6 Å². The Kier molecular flexibility index (Phi) is 3.22. The van der Waals surface area contributed by atoms with Gasteiger partial charge in [0.2, 0.25) is 5.91 Å². The molecular weight excluding hydrogens is 204 g/mol. The van der Waals surface area contributed by atoms with Crippen molar-refractivity contribution in [1.29, 1.82) is 0 Å². The summed E-state index contributed by atoms with van der Waals surface area (Å²) in [6.45, 7) is 0.991. The van der Waals surface area contributed by atoms with E-state index in [4.69, 9.17) is 10.8 Å². The molecule has 1 aromatic rings. The van der Waals surface area contributed by atoms with Crippen LogP contribution in [0.15, 0.2) is 18.2 Å². The van der Waals surface area contributed by atoms with Gasteiger partial charge >= 0.3 is 0 Å². The van der Waals surface area contributed by atoms with E-state index in [1.54, 1.807) is 4.90 Å². The van der Waals surface area contributed by atoms with Crippen molar-refractivity contribution in [3.63, 3.8) is 0 Å². The topological polar surface area (TPSA) is 66.6 Å². The molecule has 1 amide bonds. The summed E-state index contributed by atoms with van der Waals surface area (Å²) in [6.07, 6.45) is 1.27. The lowest BCUT2D eigenvalue weighted by Gasteiger charge is -2.15. The molecule has 0 aromatic heterocycles. The Morgan fingerprint density at radius 3 is 2.94 bits per heavy atom. The first-order valence-corrected chi connectivity index (χ1v) is 5.49. The van der Waals surface area contributed by atoms with Gasteiger partial charge in [-0.05, 0) is 30.2 Å². The number of hydrogen-bond acceptors (Lipinski definition) is 3. The van der Waals surface area contributed by atoms with Crippen LogP contribution in [0.5, 0.6) is 0 Å². The predicted octanol–water partition coefficient (Wildman–Crippen LogP) is 0.0692. The zero-order chi connectivity index (χ0) is 11.5. The van der Waals surface area contributed by atoms with E-state index in [2.05, 4.69) is 0 Å². The number of fused-ring (bicyclic) bond motifs is 1. The highest BCUT2D eigenvalue weighted by Crippen LogP contribution is 2.29. The summed E-state index contributed by atoms with van der Waals surface area (Å²) in [5, 5.41) is 8.90. The molecule has 0 bridgehead atoms. The van der Waals surface area contributed by atoms with Crippen LogP contribution in [0.25, 0.3) is 0 Å². The second kappa shape index (κ2) is 4.63. The average Bonchev–Trinajstić information content (AvgIpc) is 2.56. The van der Waals surface area contributed by atoms with Crippen molar-refractivity contribution >= 4 is 11.6 Å². The summed E-state index contributed by atoms with van der Waals surface area (Å²) >= 11 is 0. The first-order valence-electron chi connectivity index (χ1n) is 5.49. The van der Waals surface area contributed by atoms with Gasteiger partial charge < -0.3 is 15.7 Å². The van der Waals surface area contributed by atoms with E-state index in [1.165, 1.54) is 5.56 Å². The van der Waals surface area contributed by atoms with Crippen molar-refractivity contribution in [3.05, 3.63) is 29.3 Å². The maximum absolute atomic E-state index is 11.7. The summed E-state index contributed by atoms with van der Waals surface area (Å²) in [4.78, 5) is 13.3. The molecule has 4 nitrogen and oxygen atoms in total. The molecule has 86 valence electrons. The van der Waals surface area contributed by atoms with Crippen LogP contribution < -0.4 is 10.6 Å². The molecule has 1 heterocycles. The fourth-order valence-corrected chi connectivity index (χ4v) is 2.10. The molecule has 16 heavy (non-hydrogen) atoms. The van der Waals surface area contributed by atoms with Gasteiger partial charge in [0.1, 0.15) is 0 Å². The van der Waals surface area contributed by atoms with E-state index in [9.17, 15) is 4.79 Å². The minimum atomic E-state index is -0.00423. The smallest absolute Gasteiger partial charge is 0.231 e. The summed E-state index contributed by atoms with van der Waals surface area (Å²) < 4.78 is 0. The molecule has 0 saturated carbocycles. The van der Waals surface area contributed by atoms with Gasteiger partial charge in [0.15, 0.2) is 0 Å². The standard InChI is InChI=1S/C12H16N2O2/c13-4-3-9-1-2-11-10(7-9)8-12(16)14(11)5-6-15/h1-2,7,15H,3-6,8,13H2. The molecule has 3 N–H and O–H groups in total. The van der Waals surface area contributed by atoms with Gasteiger partial charge in [-0.1, -0.05) is 12.1 Å². The Morgan fingerprint density at radius 2 is 2.25 bits per heavy atom. The van der Waals surface area contributed by atoms with E-state index >= 15 is 0 Å². The van der Waals surface area contributed by atoms with Crippen LogP contribution in [0.3, 0.4) is 0 Å². The van der Waals surface area contributed by atoms with Crippen LogP contribution in [0.4, 0.5) is 5.69 Å². The zero-order valence-electron chi connectivity index (χ0n) is 9.15. The van der Waals surface area contributed by atoms with Crippen molar-refractivity contribution in [2.45, 2.75) is 12.8 Å². The Bertz CT molecular complexity index is 404.